The highest BCUT2D eigenvalue weighted by molar-refractivity contribution is 6.33. The standard InChI is InChI=1S/C26H31ClN4O/c1-18-7-9-22(10-8-18)17-31-25(27)24(20(3)29-31)26(32)28-23-13-11-21(12-14-23)16-30-15-5-4-6-19(30)2/h7-14,19H,4-6,15-17H2,1-3H3,(H,28,32). The minimum absolute atomic E-state index is 0.236. The third kappa shape index (κ3) is 5.22. The lowest BCUT2D eigenvalue weighted by Crippen LogP contribution is -2.36. The number of nitrogens with one attached hydrogen (secondary N) is 1. The summed E-state index contributed by atoms with van der Waals surface area (Å²) in [5, 5.41) is 7.83. The number of anilines is 1. The predicted octanol–water partition coefficient (Wildman–Crippen LogP) is 5.83. The van der Waals surface area contributed by atoms with E-state index in [4.69, 9.17) is 11.6 Å². The van der Waals surface area contributed by atoms with Gasteiger partial charge in [0.15, 0.2) is 0 Å². The van der Waals surface area contributed by atoms with Crippen molar-refractivity contribution in [1.82, 2.24) is 14.7 Å². The number of benzene rings is 2. The molecule has 2 aromatic carbocycles. The van der Waals surface area contributed by atoms with Crippen molar-refractivity contribution in [3.05, 3.63) is 81.6 Å². The topological polar surface area (TPSA) is 50.2 Å². The molecule has 5 nitrogen and oxygen atoms in total. The average Bonchev–Trinajstić information content (AvgIpc) is 3.05. The molecule has 0 spiro atoms. The third-order valence-corrected chi connectivity index (χ3v) is 6.67. The Morgan fingerprint density at radius 3 is 2.38 bits per heavy atom. The van der Waals surface area contributed by atoms with Gasteiger partial charge in [0, 0.05) is 18.3 Å². The molecule has 3 aromatic rings. The second-order valence-corrected chi connectivity index (χ2v) is 9.22. The Morgan fingerprint density at radius 1 is 1.03 bits per heavy atom. The summed E-state index contributed by atoms with van der Waals surface area (Å²) in [6.45, 7) is 8.80. The largest absolute Gasteiger partial charge is 0.322 e. The summed E-state index contributed by atoms with van der Waals surface area (Å²) in [4.78, 5) is 15.5. The molecule has 1 aliphatic rings. The fourth-order valence-corrected chi connectivity index (χ4v) is 4.62. The number of piperidine rings is 1. The third-order valence-electron chi connectivity index (χ3n) is 6.28. The molecule has 1 aliphatic heterocycles. The van der Waals surface area contributed by atoms with Crippen LogP contribution in [-0.4, -0.2) is 33.2 Å². The first kappa shape index (κ1) is 22.6. The SMILES string of the molecule is Cc1ccc(Cn2nc(C)c(C(=O)Nc3ccc(CN4CCCCC4C)cc3)c2Cl)cc1. The lowest BCUT2D eigenvalue weighted by molar-refractivity contribution is 0.102. The van der Waals surface area contributed by atoms with E-state index in [1.54, 1.807) is 4.68 Å². The normalized spacial score (nSPS) is 16.8. The van der Waals surface area contributed by atoms with Crippen molar-refractivity contribution in [1.29, 1.82) is 0 Å². The van der Waals surface area contributed by atoms with E-state index in [-0.39, 0.29) is 5.91 Å². The van der Waals surface area contributed by atoms with E-state index in [1.165, 1.54) is 30.4 Å². The zero-order valence-corrected chi connectivity index (χ0v) is 19.8. The number of hydrogen-bond donors (Lipinski definition) is 1. The molecule has 1 aromatic heterocycles. The molecule has 6 heteroatoms. The van der Waals surface area contributed by atoms with E-state index < -0.39 is 0 Å². The minimum atomic E-state index is -0.236. The van der Waals surface area contributed by atoms with Gasteiger partial charge in [-0.3, -0.25) is 9.69 Å². The van der Waals surface area contributed by atoms with Gasteiger partial charge in [0.1, 0.15) is 5.15 Å². The number of nitrogens with zero attached hydrogens (tertiary/aromatic N) is 3. The van der Waals surface area contributed by atoms with Gasteiger partial charge in [-0.15, -0.1) is 0 Å². The van der Waals surface area contributed by atoms with Crippen molar-refractivity contribution in [3.63, 3.8) is 0 Å². The number of halogens is 1. The minimum Gasteiger partial charge on any atom is -0.322 e. The van der Waals surface area contributed by atoms with Crippen LogP contribution in [0.2, 0.25) is 5.15 Å². The number of carbonyl (C=O) groups excluding carboxylic acids is 1. The van der Waals surface area contributed by atoms with Gasteiger partial charge in [0.2, 0.25) is 0 Å². The van der Waals surface area contributed by atoms with Crippen LogP contribution >= 0.6 is 11.6 Å². The fraction of sp³-hybridized carbons (Fsp3) is 0.385. The van der Waals surface area contributed by atoms with Gasteiger partial charge >= 0.3 is 0 Å². The zero-order chi connectivity index (χ0) is 22.7. The van der Waals surface area contributed by atoms with E-state index >= 15 is 0 Å². The molecule has 168 valence electrons. The van der Waals surface area contributed by atoms with Gasteiger partial charge < -0.3 is 5.32 Å². The fourth-order valence-electron chi connectivity index (χ4n) is 4.30. The van der Waals surface area contributed by atoms with Crippen LogP contribution in [0.1, 0.15) is 58.9 Å². The van der Waals surface area contributed by atoms with Crippen molar-refractivity contribution in [3.8, 4) is 0 Å². The van der Waals surface area contributed by atoms with Crippen LogP contribution in [0.5, 0.6) is 0 Å². The van der Waals surface area contributed by atoms with Gasteiger partial charge in [0.25, 0.3) is 5.91 Å². The Morgan fingerprint density at radius 2 is 1.69 bits per heavy atom. The van der Waals surface area contributed by atoms with Gasteiger partial charge in [-0.05, 0) is 63.4 Å². The Hall–Kier alpha value is -2.63. The van der Waals surface area contributed by atoms with Crippen LogP contribution in [0.15, 0.2) is 48.5 Å². The number of rotatable bonds is 6. The van der Waals surface area contributed by atoms with Crippen molar-refractivity contribution in [2.45, 2.75) is 59.2 Å². The lowest BCUT2D eigenvalue weighted by Gasteiger charge is -2.33. The lowest BCUT2D eigenvalue weighted by atomic mass is 10.0. The highest BCUT2D eigenvalue weighted by Gasteiger charge is 2.21. The highest BCUT2D eigenvalue weighted by atomic mass is 35.5. The highest BCUT2D eigenvalue weighted by Crippen LogP contribution is 2.24. The summed E-state index contributed by atoms with van der Waals surface area (Å²) < 4.78 is 1.68. The molecular formula is C26H31ClN4O. The van der Waals surface area contributed by atoms with E-state index in [1.807, 2.05) is 19.1 Å². The van der Waals surface area contributed by atoms with Gasteiger partial charge in [0.05, 0.1) is 17.8 Å². The molecule has 1 N–H and O–H groups in total. The molecule has 0 saturated carbocycles. The van der Waals surface area contributed by atoms with Crippen molar-refractivity contribution in [2.75, 3.05) is 11.9 Å². The van der Waals surface area contributed by atoms with Crippen molar-refractivity contribution < 1.29 is 4.79 Å². The molecule has 2 heterocycles. The summed E-state index contributed by atoms with van der Waals surface area (Å²) in [6.07, 6.45) is 3.87. The first-order chi connectivity index (χ1) is 15.4. The molecule has 1 saturated heterocycles. The van der Waals surface area contributed by atoms with Gasteiger partial charge in [-0.25, -0.2) is 4.68 Å². The molecule has 0 radical (unpaired) electrons. The van der Waals surface area contributed by atoms with Crippen molar-refractivity contribution >= 4 is 23.2 Å². The number of amides is 1. The van der Waals surface area contributed by atoms with Crippen LogP contribution in [0, 0.1) is 13.8 Å². The van der Waals surface area contributed by atoms with Crippen LogP contribution in [0.3, 0.4) is 0 Å². The van der Waals surface area contributed by atoms with Crippen LogP contribution in [0.4, 0.5) is 5.69 Å². The molecular weight excluding hydrogens is 420 g/mol. The molecule has 1 fully saturated rings. The Bertz CT molecular complexity index is 1070. The predicted molar refractivity (Wildman–Crippen MR) is 130 cm³/mol. The summed E-state index contributed by atoms with van der Waals surface area (Å²) in [7, 11) is 0. The van der Waals surface area contributed by atoms with Gasteiger partial charge in [-0.2, -0.15) is 5.10 Å². The number of hydrogen-bond acceptors (Lipinski definition) is 3. The summed E-state index contributed by atoms with van der Waals surface area (Å²) in [6, 6.07) is 16.9. The first-order valence-electron chi connectivity index (χ1n) is 11.3. The Kier molecular flexibility index (Phi) is 6.97. The summed E-state index contributed by atoms with van der Waals surface area (Å²) in [5.74, 6) is -0.236. The number of aromatic nitrogens is 2. The first-order valence-corrected chi connectivity index (χ1v) is 11.7. The number of likely N-dealkylation sites (tertiary alicyclic amines) is 1. The molecule has 4 rings (SSSR count). The van der Waals surface area contributed by atoms with Crippen LogP contribution < -0.4 is 5.32 Å². The molecule has 0 bridgehead atoms. The molecule has 1 amide bonds. The quantitative estimate of drug-likeness (QED) is 0.514. The smallest absolute Gasteiger partial charge is 0.260 e. The maximum absolute atomic E-state index is 13.0. The van der Waals surface area contributed by atoms with Crippen LogP contribution in [-0.2, 0) is 13.1 Å². The monoisotopic (exact) mass is 450 g/mol. The van der Waals surface area contributed by atoms with E-state index in [0.29, 0.717) is 29.0 Å². The Labute approximate surface area is 195 Å². The molecule has 0 aliphatic carbocycles. The zero-order valence-electron chi connectivity index (χ0n) is 19.1. The summed E-state index contributed by atoms with van der Waals surface area (Å²) >= 11 is 6.55. The van der Waals surface area contributed by atoms with E-state index in [0.717, 1.165) is 24.3 Å². The number of carbonyl (C=O) groups is 1. The Balaban J connectivity index is 1.42. The van der Waals surface area contributed by atoms with E-state index in [2.05, 4.69) is 65.6 Å². The molecule has 1 atom stereocenters. The summed E-state index contributed by atoms with van der Waals surface area (Å²) in [5.41, 5.74) is 5.35. The maximum atomic E-state index is 13.0. The second-order valence-electron chi connectivity index (χ2n) is 8.86. The van der Waals surface area contributed by atoms with Gasteiger partial charge in [-0.1, -0.05) is 60.0 Å². The number of aryl methyl sites for hydroxylation is 2. The molecule has 32 heavy (non-hydrogen) atoms. The molecule has 1 unspecified atom stereocenters. The van der Waals surface area contributed by atoms with Crippen molar-refractivity contribution in [2.24, 2.45) is 0 Å². The van der Waals surface area contributed by atoms with E-state index in [9.17, 15) is 4.79 Å². The second kappa shape index (κ2) is 9.88. The van der Waals surface area contributed by atoms with Crippen LogP contribution in [0.25, 0.3) is 0 Å². The average molecular weight is 451 g/mol. The maximum Gasteiger partial charge on any atom is 0.260 e.